The molecule has 3 fully saturated rings. The SMILES string of the molecule is CCCC[C@H]1C(=O)N(C)[C@@H](CCCC)C(=O)N[C@@H](C)C(=O)N[C@H](C(=O)NCC(N)=O)CSCC(=O)N[C@@H](Cc2ccc(O)cc2)C(=O)N(C)[C@@H](C)C(=O)N[C@@H](CC(N)=O)C(=O)N2CCC[C@H]2C(=O)N[C@@H](Cc2cnc[nH]2)C(=O)N[C@@H](CC(=O)O)C(=O)N2C[C@H](O)CC2C(=O)N[C@@H](Cc2c[nH]c3ccccc23)C(=O)N[C@@H](CO)C(=O)N[C@@H](Cc2c[nH]c3ccccc23)C(=O)N1C. The maximum absolute atomic E-state index is 15.6. The second-order valence-electron chi connectivity index (χ2n) is 32.6. The third-order valence-corrected chi connectivity index (χ3v) is 24.2. The van der Waals surface area contributed by atoms with Crippen LogP contribution in [0.25, 0.3) is 21.8 Å². The number of rotatable bonds is 22. The van der Waals surface area contributed by atoms with Gasteiger partial charge in [0.1, 0.15) is 90.3 Å². The van der Waals surface area contributed by atoms with Gasteiger partial charge in [0.15, 0.2) is 0 Å². The number of benzene rings is 3. The summed E-state index contributed by atoms with van der Waals surface area (Å²) in [6, 6.07) is -3.54. The average Bonchev–Trinajstić information content (AvgIpc) is 1.63. The van der Waals surface area contributed by atoms with Crippen molar-refractivity contribution in [3.63, 3.8) is 0 Å². The first-order valence-electron chi connectivity index (χ1n) is 42.8. The van der Waals surface area contributed by atoms with Crippen LogP contribution >= 0.6 is 11.8 Å². The minimum absolute atomic E-state index is 0.00420. The molecular formula is C86H115N21O22S. The van der Waals surface area contributed by atoms with Crippen LogP contribution in [-0.4, -0.2) is 321 Å². The molecule has 6 aromatic rings. The standard InChI is InChI=1S/C86H115N21O22S/c1-8-10-21-65-79(122)94-45(3)73(116)102-64(75(118)92-39-70(88)112)42-130-43-71(113)95-59(29-47-24-26-51(109)27-25-47)82(125)103(5)46(4)74(117)98-61(34-69(87)111)84(127)106-28-16-23-66(106)80(123)97-58(32-50-38-89-44-93-50)77(120)100-62(35-72(114)115)85(128)107-40-52(110)33-68(107)81(124)96-57(30-48-36-90-55-19-14-12-17-53(48)55)76(119)101-63(41-108)78(121)99-60(31-49-37-91-56-20-15-13-18-54(49)56)83(126)105(7)67(22-11-9-2)86(129)104(65)6/h12-15,17-20,24-27,36-38,44-46,52,57-68,90-91,108-110H,8-11,16,21-23,28-35,39-43H2,1-7H3,(H2,87,111)(H2,88,112)(H,89,93)(H,92,118)(H,94,122)(H,95,113)(H,96,124)(H,97,123)(H,98,117)(H,99,121)(H,100,120)(H,101,119)(H,102,116)(H,114,115)/t45-,46-,52+,57-,58-,59-,60-,61-,62-,63-,64-,65-,66-,67-,68?/m0/s1. The Balaban J connectivity index is 1.08. The monoisotopic (exact) mass is 1830 g/mol. The summed E-state index contributed by atoms with van der Waals surface area (Å²) in [7, 11) is 3.86. The number of aromatic hydroxyl groups is 1. The van der Waals surface area contributed by atoms with Crippen molar-refractivity contribution in [3.05, 3.63) is 120 Å². The first-order chi connectivity index (χ1) is 61.9. The fourth-order valence-corrected chi connectivity index (χ4v) is 16.7. The van der Waals surface area contributed by atoms with Gasteiger partial charge in [-0.15, -0.1) is 11.8 Å². The summed E-state index contributed by atoms with van der Waals surface area (Å²) < 4.78 is 0. The summed E-state index contributed by atoms with van der Waals surface area (Å²) in [5.74, 6) is -19.9. The number of likely N-dealkylation sites (N-methyl/N-ethyl adjacent to an activating group) is 3. The molecule has 3 saturated heterocycles. The molecule has 21 N–H and O–H groups in total. The van der Waals surface area contributed by atoms with Crippen molar-refractivity contribution in [1.29, 1.82) is 0 Å². The number of unbranched alkanes of at least 4 members (excludes halogenated alkanes) is 2. The van der Waals surface area contributed by atoms with Crippen molar-refractivity contribution in [2.75, 3.05) is 58.9 Å². The molecule has 0 radical (unpaired) electrons. The van der Waals surface area contributed by atoms with Crippen molar-refractivity contribution >= 4 is 140 Å². The summed E-state index contributed by atoms with van der Waals surface area (Å²) in [6.07, 6.45) is 1.96. The van der Waals surface area contributed by atoms with Crippen LogP contribution < -0.4 is 64.6 Å². The maximum atomic E-state index is 15.6. The van der Waals surface area contributed by atoms with Gasteiger partial charge < -0.3 is 125 Å². The van der Waals surface area contributed by atoms with Gasteiger partial charge in [-0.2, -0.15) is 0 Å². The van der Waals surface area contributed by atoms with Gasteiger partial charge in [0, 0.05) is 118 Å². The molecule has 130 heavy (non-hydrogen) atoms. The third-order valence-electron chi connectivity index (χ3n) is 23.1. The highest BCUT2D eigenvalue weighted by molar-refractivity contribution is 8.00. The summed E-state index contributed by atoms with van der Waals surface area (Å²) in [4.78, 5) is 278. The number of fused-ring (bicyclic) bond motifs is 4. The van der Waals surface area contributed by atoms with Crippen molar-refractivity contribution < 1.29 is 107 Å². The van der Waals surface area contributed by atoms with Gasteiger partial charge in [0.2, 0.25) is 100 Å². The molecule has 6 heterocycles. The number of primary amides is 2. The molecular weight excluding hydrogens is 1710 g/mol. The molecule has 702 valence electrons. The van der Waals surface area contributed by atoms with Crippen LogP contribution in [0.1, 0.15) is 121 Å². The molecule has 43 nitrogen and oxygen atoms in total. The van der Waals surface area contributed by atoms with Crippen molar-refractivity contribution in [2.45, 2.75) is 215 Å². The molecule has 1 unspecified atom stereocenters. The number of hydrogen-bond acceptors (Lipinski definition) is 23. The second kappa shape index (κ2) is 47.0. The van der Waals surface area contributed by atoms with Gasteiger partial charge >= 0.3 is 5.97 Å². The predicted octanol–water partition coefficient (Wildman–Crippen LogP) is -3.74. The van der Waals surface area contributed by atoms with E-state index in [4.69, 9.17) is 11.5 Å². The smallest absolute Gasteiger partial charge is 0.305 e. The molecule has 3 aliphatic heterocycles. The first-order valence-corrected chi connectivity index (χ1v) is 44.0. The van der Waals surface area contributed by atoms with E-state index in [1.54, 1.807) is 60.9 Å². The van der Waals surface area contributed by atoms with E-state index in [-0.39, 0.29) is 62.9 Å². The number of carboxylic acid groups (broad SMARTS) is 1. The predicted molar refractivity (Wildman–Crippen MR) is 469 cm³/mol. The number of carbonyl (C=O) groups is 18. The fraction of sp³-hybridized carbons (Fsp3) is 0.500. The maximum Gasteiger partial charge on any atom is 0.305 e. The molecule has 9 rings (SSSR count). The highest BCUT2D eigenvalue weighted by Gasteiger charge is 2.47. The van der Waals surface area contributed by atoms with Crippen molar-refractivity contribution in [2.24, 2.45) is 11.5 Å². The van der Waals surface area contributed by atoms with Gasteiger partial charge in [0.05, 0.1) is 44.2 Å². The van der Waals surface area contributed by atoms with E-state index >= 15 is 28.8 Å². The number of hydrogen-bond donors (Lipinski definition) is 19. The lowest BCUT2D eigenvalue weighted by atomic mass is 10.00. The molecule has 0 aliphatic carbocycles. The number of aliphatic hydroxyl groups is 2. The summed E-state index contributed by atoms with van der Waals surface area (Å²) >= 11 is 0.765. The number of para-hydroxylation sites is 2. The number of nitrogens with one attached hydrogen (secondary N) is 13. The number of H-pyrrole nitrogens is 3. The Labute approximate surface area is 751 Å². The van der Waals surface area contributed by atoms with E-state index in [9.17, 15) is 78.0 Å². The minimum Gasteiger partial charge on any atom is -0.508 e. The van der Waals surface area contributed by atoms with E-state index in [2.05, 4.69) is 73.1 Å². The lowest BCUT2D eigenvalue weighted by Gasteiger charge is -2.36. The number of nitrogens with zero attached hydrogens (tertiary/aromatic N) is 6. The zero-order valence-corrected chi connectivity index (χ0v) is 73.9. The summed E-state index contributed by atoms with van der Waals surface area (Å²) in [5.41, 5.74) is 13.8. The lowest BCUT2D eigenvalue weighted by Crippen LogP contribution is -2.61. The number of phenolic OH excluding ortho intramolecular Hbond substituents is 1. The van der Waals surface area contributed by atoms with E-state index in [0.717, 1.165) is 36.3 Å². The third kappa shape index (κ3) is 26.8. The topological polar surface area (TPSA) is 637 Å². The van der Waals surface area contributed by atoms with Crippen LogP contribution in [0.4, 0.5) is 0 Å². The van der Waals surface area contributed by atoms with Gasteiger partial charge in [-0.1, -0.05) is 88.1 Å². The Bertz CT molecular complexity index is 5110. The molecule has 3 aliphatic rings. The Kier molecular flexibility index (Phi) is 36.2. The summed E-state index contributed by atoms with van der Waals surface area (Å²) in [5, 5.41) is 69.6. The number of aliphatic hydroxyl groups excluding tert-OH is 2. The minimum atomic E-state index is -2.08. The Morgan fingerprint density at radius 1 is 0.538 bits per heavy atom. The fourth-order valence-electron chi connectivity index (χ4n) is 15.8. The number of aromatic nitrogens is 4. The highest BCUT2D eigenvalue weighted by Crippen LogP contribution is 2.28. The quantitative estimate of drug-likeness (QED) is 0.0311. The van der Waals surface area contributed by atoms with E-state index in [1.165, 1.54) is 71.8 Å². The van der Waals surface area contributed by atoms with Gasteiger partial charge in [-0.25, -0.2) is 4.98 Å². The number of phenols is 1. The Morgan fingerprint density at radius 2 is 1.07 bits per heavy atom. The van der Waals surface area contributed by atoms with Crippen molar-refractivity contribution in [1.82, 2.24) is 97.6 Å². The first kappa shape index (κ1) is 100. The molecule has 0 saturated carbocycles. The molecule has 15 atom stereocenters. The van der Waals surface area contributed by atoms with E-state index in [1.807, 2.05) is 13.8 Å². The second-order valence-corrected chi connectivity index (χ2v) is 33.7. The lowest BCUT2D eigenvalue weighted by molar-refractivity contribution is -0.149. The van der Waals surface area contributed by atoms with E-state index < -0.39 is 254 Å². The van der Waals surface area contributed by atoms with Crippen LogP contribution in [-0.2, 0) is 112 Å². The van der Waals surface area contributed by atoms with Crippen LogP contribution in [0.5, 0.6) is 5.75 Å². The Hall–Kier alpha value is -13.5. The van der Waals surface area contributed by atoms with Crippen LogP contribution in [0.2, 0.25) is 0 Å². The van der Waals surface area contributed by atoms with Gasteiger partial charge in [-0.05, 0) is 80.5 Å². The molecule has 0 bridgehead atoms. The largest absolute Gasteiger partial charge is 0.508 e. The number of carbonyl (C=O) groups excluding carboxylic acids is 17. The number of imidazole rings is 1. The summed E-state index contributed by atoms with van der Waals surface area (Å²) in [6.45, 7) is 3.52. The molecule has 0 spiro atoms. The van der Waals surface area contributed by atoms with Crippen LogP contribution in [0.15, 0.2) is 97.7 Å². The number of nitrogens with two attached hydrogens (primary N) is 2. The normalized spacial score (nSPS) is 25.2. The molecule has 17 amide bonds. The highest BCUT2D eigenvalue weighted by atomic mass is 32.2. The molecule has 44 heteroatoms. The number of aliphatic carboxylic acids is 1. The Morgan fingerprint density at radius 3 is 1.66 bits per heavy atom. The van der Waals surface area contributed by atoms with Crippen LogP contribution in [0, 0.1) is 0 Å². The number of aromatic amines is 3. The molecule has 3 aromatic carbocycles. The van der Waals surface area contributed by atoms with Crippen molar-refractivity contribution in [3.8, 4) is 5.75 Å². The van der Waals surface area contributed by atoms with Gasteiger partial charge in [-0.3, -0.25) is 86.3 Å². The number of amides is 17. The molecule has 3 aromatic heterocycles. The van der Waals surface area contributed by atoms with E-state index in [0.29, 0.717) is 64.2 Å². The average molecular weight is 1830 g/mol. The van der Waals surface area contributed by atoms with Gasteiger partial charge in [0.25, 0.3) is 0 Å². The zero-order chi connectivity index (χ0) is 94.9. The van der Waals surface area contributed by atoms with Crippen LogP contribution in [0.3, 0.4) is 0 Å². The number of carboxylic acids is 1. The number of thioether (sulfide) groups is 1. The zero-order valence-electron chi connectivity index (χ0n) is 73.1.